The molecule has 3 aromatic rings. The summed E-state index contributed by atoms with van der Waals surface area (Å²) in [4.78, 5) is 27.3. The van der Waals surface area contributed by atoms with Gasteiger partial charge >= 0.3 is 5.97 Å². The number of rotatable bonds is 12. The lowest BCUT2D eigenvalue weighted by Gasteiger charge is -2.13. The number of carboxylic acid groups (broad SMARTS) is 1. The Hall–Kier alpha value is -2.88. The molecule has 4 rings (SSSR count). The highest BCUT2D eigenvalue weighted by Gasteiger charge is 2.32. The van der Waals surface area contributed by atoms with Crippen molar-refractivity contribution in [2.24, 2.45) is 0 Å². The molecular formula is C28H29N3O3S3. The van der Waals surface area contributed by atoms with Crippen LogP contribution in [0.2, 0.25) is 0 Å². The number of nitrogens with zero attached hydrogens (tertiary/aromatic N) is 3. The number of carbonyl (C=O) groups is 2. The number of carboxylic acids is 1. The largest absolute Gasteiger partial charge is 0.481 e. The molecule has 1 N–H and O–H groups in total. The lowest BCUT2D eigenvalue weighted by Crippen LogP contribution is -2.29. The minimum Gasteiger partial charge on any atom is -0.481 e. The Morgan fingerprint density at radius 3 is 2.57 bits per heavy atom. The van der Waals surface area contributed by atoms with Crippen LogP contribution in [0.15, 0.2) is 70.6 Å². The van der Waals surface area contributed by atoms with Crippen LogP contribution < -0.4 is 0 Å². The van der Waals surface area contributed by atoms with Crippen LogP contribution in [-0.4, -0.2) is 48.3 Å². The van der Waals surface area contributed by atoms with E-state index >= 15 is 0 Å². The highest BCUT2D eigenvalue weighted by atomic mass is 32.2. The number of aromatic nitrogens is 2. The number of hydrogen-bond donors (Lipinski definition) is 1. The van der Waals surface area contributed by atoms with Gasteiger partial charge in [-0.1, -0.05) is 67.7 Å². The molecule has 1 saturated heterocycles. The van der Waals surface area contributed by atoms with Crippen LogP contribution in [0.1, 0.15) is 44.6 Å². The first-order valence-electron chi connectivity index (χ1n) is 12.3. The van der Waals surface area contributed by atoms with Crippen LogP contribution >= 0.6 is 35.7 Å². The molecule has 0 atom stereocenters. The smallest absolute Gasteiger partial charge is 0.303 e. The third kappa shape index (κ3) is 7.12. The van der Waals surface area contributed by atoms with Crippen molar-refractivity contribution in [2.75, 3.05) is 12.3 Å². The van der Waals surface area contributed by atoms with Gasteiger partial charge in [0, 0.05) is 35.2 Å². The molecule has 0 unspecified atom stereocenters. The molecule has 0 aliphatic carbocycles. The molecule has 1 aliphatic rings. The SMILES string of the molecule is CCCSc1ccc(-c2nn(-c3ccccc3)cc2/C=C2\SC(=S)N(CCCCCC(=O)O)C2=O)cc1. The second-order valence-electron chi connectivity index (χ2n) is 8.62. The molecule has 2 aromatic carbocycles. The molecule has 0 bridgehead atoms. The number of unbranched alkanes of at least 4 members (excludes halogenated alkanes) is 2. The monoisotopic (exact) mass is 551 g/mol. The summed E-state index contributed by atoms with van der Waals surface area (Å²) < 4.78 is 2.37. The van der Waals surface area contributed by atoms with E-state index in [0.717, 1.165) is 41.1 Å². The van der Waals surface area contributed by atoms with E-state index in [1.165, 1.54) is 16.7 Å². The number of thioether (sulfide) groups is 2. The molecule has 0 saturated carbocycles. The Morgan fingerprint density at radius 1 is 1.11 bits per heavy atom. The molecule has 6 nitrogen and oxygen atoms in total. The summed E-state index contributed by atoms with van der Waals surface area (Å²) >= 11 is 8.63. The fourth-order valence-corrected chi connectivity index (χ4v) is 5.98. The second kappa shape index (κ2) is 13.1. The summed E-state index contributed by atoms with van der Waals surface area (Å²) in [6.45, 7) is 2.67. The van der Waals surface area contributed by atoms with Crippen molar-refractivity contribution >= 4 is 58.0 Å². The fourth-order valence-electron chi connectivity index (χ4n) is 3.92. The first-order chi connectivity index (χ1) is 18.0. The van der Waals surface area contributed by atoms with Crippen LogP contribution in [0, 0.1) is 0 Å². The number of amides is 1. The van der Waals surface area contributed by atoms with E-state index < -0.39 is 5.97 Å². The highest BCUT2D eigenvalue weighted by Crippen LogP contribution is 2.35. The van der Waals surface area contributed by atoms with Gasteiger partial charge in [-0.2, -0.15) is 5.10 Å². The summed E-state index contributed by atoms with van der Waals surface area (Å²) in [6.07, 6.45) is 7.14. The maximum atomic E-state index is 13.2. The van der Waals surface area contributed by atoms with E-state index in [-0.39, 0.29) is 12.3 Å². The van der Waals surface area contributed by atoms with E-state index in [0.29, 0.717) is 28.6 Å². The number of benzene rings is 2. The molecule has 1 amide bonds. The number of carbonyl (C=O) groups excluding carboxylic acids is 1. The van der Waals surface area contributed by atoms with Gasteiger partial charge in [0.05, 0.1) is 16.3 Å². The van der Waals surface area contributed by atoms with Crippen molar-refractivity contribution < 1.29 is 14.7 Å². The Morgan fingerprint density at radius 2 is 1.86 bits per heavy atom. The average molecular weight is 552 g/mol. The minimum absolute atomic E-state index is 0.113. The van der Waals surface area contributed by atoms with E-state index in [4.69, 9.17) is 22.4 Å². The zero-order chi connectivity index (χ0) is 26.2. The predicted molar refractivity (Wildman–Crippen MR) is 156 cm³/mol. The van der Waals surface area contributed by atoms with Gasteiger partial charge in [-0.25, -0.2) is 4.68 Å². The average Bonchev–Trinajstić information content (AvgIpc) is 3.44. The van der Waals surface area contributed by atoms with Gasteiger partial charge in [-0.3, -0.25) is 14.5 Å². The minimum atomic E-state index is -0.797. The standard InChI is InChI=1S/C28H29N3O3S3/c1-2-17-36-23-14-12-20(13-15-23)26-21(19-31(29-26)22-9-5-3-6-10-22)18-24-27(34)30(28(35)37-24)16-8-4-7-11-25(32)33/h3,5-6,9-10,12-15,18-19H,2,4,7-8,11,16-17H2,1H3,(H,32,33)/b24-18-. The van der Waals surface area contributed by atoms with E-state index in [2.05, 4.69) is 31.2 Å². The molecule has 1 aromatic heterocycles. The van der Waals surface area contributed by atoms with Gasteiger partial charge in [0.25, 0.3) is 5.91 Å². The quantitative estimate of drug-likeness (QED) is 0.114. The summed E-state index contributed by atoms with van der Waals surface area (Å²) in [5.41, 5.74) is 3.57. The molecule has 0 radical (unpaired) electrons. The molecule has 2 heterocycles. The number of para-hydroxylation sites is 1. The number of thiocarbonyl (C=S) groups is 1. The summed E-state index contributed by atoms with van der Waals surface area (Å²) in [5.74, 6) is 0.168. The summed E-state index contributed by atoms with van der Waals surface area (Å²) in [5, 5.41) is 13.7. The van der Waals surface area contributed by atoms with E-state index in [9.17, 15) is 9.59 Å². The molecule has 1 aliphatic heterocycles. The normalized spacial score (nSPS) is 14.6. The van der Waals surface area contributed by atoms with Crippen molar-refractivity contribution in [3.63, 3.8) is 0 Å². The Labute approximate surface area is 231 Å². The van der Waals surface area contributed by atoms with Crippen molar-refractivity contribution in [2.45, 2.75) is 43.9 Å². The van der Waals surface area contributed by atoms with Crippen LogP contribution in [-0.2, 0) is 9.59 Å². The summed E-state index contributed by atoms with van der Waals surface area (Å²) in [6, 6.07) is 18.3. The zero-order valence-electron chi connectivity index (χ0n) is 20.6. The lowest BCUT2D eigenvalue weighted by atomic mass is 10.1. The van der Waals surface area contributed by atoms with Crippen molar-refractivity contribution in [1.82, 2.24) is 14.7 Å². The second-order valence-corrected chi connectivity index (χ2v) is 11.5. The van der Waals surface area contributed by atoms with Gasteiger partial charge in [-0.15, -0.1) is 11.8 Å². The van der Waals surface area contributed by atoms with Gasteiger partial charge in [-0.05, 0) is 55.4 Å². The predicted octanol–water partition coefficient (Wildman–Crippen LogP) is 6.89. The van der Waals surface area contributed by atoms with Crippen LogP contribution in [0.5, 0.6) is 0 Å². The van der Waals surface area contributed by atoms with Gasteiger partial charge < -0.3 is 5.11 Å². The molecule has 9 heteroatoms. The third-order valence-electron chi connectivity index (χ3n) is 5.80. The summed E-state index contributed by atoms with van der Waals surface area (Å²) in [7, 11) is 0. The Bertz CT molecular complexity index is 1290. The molecular weight excluding hydrogens is 523 g/mol. The van der Waals surface area contributed by atoms with Crippen molar-refractivity contribution in [1.29, 1.82) is 0 Å². The topological polar surface area (TPSA) is 75.4 Å². The first kappa shape index (κ1) is 27.2. The maximum Gasteiger partial charge on any atom is 0.303 e. The Balaban J connectivity index is 1.58. The van der Waals surface area contributed by atoms with Gasteiger partial charge in [0.15, 0.2) is 0 Å². The van der Waals surface area contributed by atoms with E-state index in [1.807, 2.05) is 59.0 Å². The van der Waals surface area contributed by atoms with Crippen LogP contribution in [0.4, 0.5) is 0 Å². The van der Waals surface area contributed by atoms with Crippen molar-refractivity contribution in [3.05, 3.63) is 71.3 Å². The molecule has 1 fully saturated rings. The van der Waals surface area contributed by atoms with Crippen molar-refractivity contribution in [3.8, 4) is 16.9 Å². The lowest BCUT2D eigenvalue weighted by molar-refractivity contribution is -0.137. The van der Waals surface area contributed by atoms with Gasteiger partial charge in [0.1, 0.15) is 4.32 Å². The Kier molecular flexibility index (Phi) is 9.60. The zero-order valence-corrected chi connectivity index (χ0v) is 23.1. The molecule has 37 heavy (non-hydrogen) atoms. The molecule has 192 valence electrons. The third-order valence-corrected chi connectivity index (χ3v) is 8.39. The number of hydrogen-bond acceptors (Lipinski definition) is 6. The maximum absolute atomic E-state index is 13.2. The fraction of sp³-hybridized carbons (Fsp3) is 0.286. The van der Waals surface area contributed by atoms with E-state index in [1.54, 1.807) is 4.90 Å². The molecule has 0 spiro atoms. The highest BCUT2D eigenvalue weighted by molar-refractivity contribution is 8.26. The number of aliphatic carboxylic acids is 1. The van der Waals surface area contributed by atoms with Crippen LogP contribution in [0.3, 0.4) is 0 Å². The van der Waals surface area contributed by atoms with Crippen LogP contribution in [0.25, 0.3) is 23.0 Å². The van der Waals surface area contributed by atoms with Gasteiger partial charge in [0.2, 0.25) is 0 Å². The first-order valence-corrected chi connectivity index (χ1v) is 14.5.